The van der Waals surface area contributed by atoms with E-state index in [9.17, 15) is 5.11 Å². The highest BCUT2D eigenvalue weighted by Crippen LogP contribution is 2.31. The number of piperidine rings is 1. The van der Waals surface area contributed by atoms with Gasteiger partial charge >= 0.3 is 0 Å². The van der Waals surface area contributed by atoms with Gasteiger partial charge in [0.25, 0.3) is 0 Å². The molecule has 0 radical (unpaired) electrons. The zero-order valence-corrected chi connectivity index (χ0v) is 13.5. The third-order valence-electron chi connectivity index (χ3n) is 5.38. The summed E-state index contributed by atoms with van der Waals surface area (Å²) < 4.78 is 0. The van der Waals surface area contributed by atoms with Crippen molar-refractivity contribution >= 4 is 0 Å². The van der Waals surface area contributed by atoms with E-state index in [1.807, 2.05) is 0 Å². The van der Waals surface area contributed by atoms with Crippen LogP contribution in [0.5, 0.6) is 0 Å². The lowest BCUT2D eigenvalue weighted by atomic mass is 9.79. The molecule has 1 N–H and O–H groups in total. The van der Waals surface area contributed by atoms with Crippen molar-refractivity contribution in [1.82, 2.24) is 9.80 Å². The Morgan fingerprint density at radius 1 is 1.30 bits per heavy atom. The van der Waals surface area contributed by atoms with Crippen LogP contribution in [-0.4, -0.2) is 60.8 Å². The summed E-state index contributed by atoms with van der Waals surface area (Å²) in [5, 5.41) is 9.41. The molecule has 1 heterocycles. The number of hydrogen-bond donors (Lipinski definition) is 1. The molecule has 1 aliphatic carbocycles. The third-order valence-corrected chi connectivity index (χ3v) is 5.38. The van der Waals surface area contributed by atoms with Gasteiger partial charge in [-0.2, -0.15) is 0 Å². The lowest BCUT2D eigenvalue weighted by molar-refractivity contribution is 0.0809. The highest BCUT2D eigenvalue weighted by Gasteiger charge is 2.29. The summed E-state index contributed by atoms with van der Waals surface area (Å²) in [6.07, 6.45) is 7.50. The van der Waals surface area contributed by atoms with Gasteiger partial charge in [-0.25, -0.2) is 0 Å². The summed E-state index contributed by atoms with van der Waals surface area (Å²) in [6, 6.07) is 0.667. The Bertz CT molecular complexity index is 321. The van der Waals surface area contributed by atoms with Crippen LogP contribution in [0.25, 0.3) is 0 Å². The Hall–Kier alpha value is -0.380. The summed E-state index contributed by atoms with van der Waals surface area (Å²) in [5.41, 5.74) is 1.57. The largest absolute Gasteiger partial charge is 0.395 e. The van der Waals surface area contributed by atoms with Gasteiger partial charge in [0, 0.05) is 19.1 Å². The van der Waals surface area contributed by atoms with Crippen molar-refractivity contribution in [3.8, 4) is 0 Å². The molecule has 0 unspecified atom stereocenters. The van der Waals surface area contributed by atoms with Gasteiger partial charge in [0.1, 0.15) is 0 Å². The van der Waals surface area contributed by atoms with Crippen molar-refractivity contribution in [1.29, 1.82) is 0 Å². The van der Waals surface area contributed by atoms with Gasteiger partial charge in [-0.1, -0.05) is 18.6 Å². The van der Waals surface area contributed by atoms with E-state index in [0.717, 1.165) is 19.0 Å². The Balaban J connectivity index is 1.97. The molecule has 0 aromatic heterocycles. The van der Waals surface area contributed by atoms with Crippen molar-refractivity contribution in [2.45, 2.75) is 45.6 Å². The molecule has 0 aromatic carbocycles. The van der Waals surface area contributed by atoms with E-state index < -0.39 is 0 Å². The maximum atomic E-state index is 9.41. The average molecular weight is 280 g/mol. The molecule has 3 nitrogen and oxygen atoms in total. The fourth-order valence-electron chi connectivity index (χ4n) is 3.86. The van der Waals surface area contributed by atoms with Crippen LogP contribution in [0.2, 0.25) is 0 Å². The predicted molar refractivity (Wildman–Crippen MR) is 84.8 cm³/mol. The Kier molecular flexibility index (Phi) is 6.06. The highest BCUT2D eigenvalue weighted by molar-refractivity contribution is 5.09. The van der Waals surface area contributed by atoms with Crippen molar-refractivity contribution in [3.63, 3.8) is 0 Å². The number of aliphatic hydroxyl groups excluding tert-OH is 1. The molecule has 116 valence electrons. The first-order valence-electron chi connectivity index (χ1n) is 8.32. The van der Waals surface area contributed by atoms with Crippen LogP contribution in [-0.2, 0) is 0 Å². The average Bonchev–Trinajstić information content (AvgIpc) is 2.43. The fraction of sp³-hybridized carbons (Fsp3) is 0.882. The van der Waals surface area contributed by atoms with E-state index in [-0.39, 0.29) is 6.61 Å². The van der Waals surface area contributed by atoms with Crippen LogP contribution in [0.1, 0.15) is 39.5 Å². The molecule has 0 aromatic rings. The summed E-state index contributed by atoms with van der Waals surface area (Å²) in [5.74, 6) is 1.47. The van der Waals surface area contributed by atoms with Crippen molar-refractivity contribution in [3.05, 3.63) is 11.6 Å². The van der Waals surface area contributed by atoms with Gasteiger partial charge in [0.15, 0.2) is 0 Å². The first-order valence-corrected chi connectivity index (χ1v) is 8.32. The minimum absolute atomic E-state index is 0.288. The minimum Gasteiger partial charge on any atom is -0.395 e. The number of nitrogens with zero attached hydrogens (tertiary/aromatic N) is 2. The molecule has 20 heavy (non-hydrogen) atoms. The smallest absolute Gasteiger partial charge is 0.0558 e. The number of likely N-dealkylation sites (tertiary alicyclic amines) is 1. The SMILES string of the molecule is CC1=CCC[C@@H](C)[C@@H]1CN(CCO)C1CCN(C)CC1. The van der Waals surface area contributed by atoms with Crippen LogP contribution in [0.15, 0.2) is 11.6 Å². The van der Waals surface area contributed by atoms with E-state index in [4.69, 9.17) is 0 Å². The molecule has 1 fully saturated rings. The van der Waals surface area contributed by atoms with Gasteiger partial charge in [0.2, 0.25) is 0 Å². The van der Waals surface area contributed by atoms with Crippen LogP contribution in [0.4, 0.5) is 0 Å². The van der Waals surface area contributed by atoms with E-state index in [1.54, 1.807) is 5.57 Å². The van der Waals surface area contributed by atoms with Crippen LogP contribution in [0, 0.1) is 11.8 Å². The number of aliphatic hydroxyl groups is 1. The topological polar surface area (TPSA) is 26.7 Å². The maximum Gasteiger partial charge on any atom is 0.0558 e. The quantitative estimate of drug-likeness (QED) is 0.783. The molecule has 0 saturated carbocycles. The van der Waals surface area contributed by atoms with E-state index in [1.165, 1.54) is 38.8 Å². The first-order chi connectivity index (χ1) is 9.61. The monoisotopic (exact) mass is 280 g/mol. The molecule has 2 atom stereocenters. The number of allylic oxidation sites excluding steroid dienone is 1. The van der Waals surface area contributed by atoms with E-state index in [2.05, 4.69) is 36.8 Å². The maximum absolute atomic E-state index is 9.41. The lowest BCUT2D eigenvalue weighted by Crippen LogP contribution is -2.47. The molecule has 3 heteroatoms. The minimum atomic E-state index is 0.288. The van der Waals surface area contributed by atoms with E-state index >= 15 is 0 Å². The molecular weight excluding hydrogens is 248 g/mol. The van der Waals surface area contributed by atoms with Crippen LogP contribution >= 0.6 is 0 Å². The Labute approximate surface area is 124 Å². The molecular formula is C17H32N2O. The molecule has 1 saturated heterocycles. The first kappa shape index (κ1) is 16.0. The molecule has 0 amide bonds. The summed E-state index contributed by atoms with van der Waals surface area (Å²) in [6.45, 7) is 9.35. The lowest BCUT2D eigenvalue weighted by Gasteiger charge is -2.41. The molecule has 0 spiro atoms. The van der Waals surface area contributed by atoms with Gasteiger partial charge in [-0.3, -0.25) is 4.90 Å². The summed E-state index contributed by atoms with van der Waals surface area (Å²) in [7, 11) is 2.21. The summed E-state index contributed by atoms with van der Waals surface area (Å²) >= 11 is 0. The molecule has 2 aliphatic rings. The normalized spacial score (nSPS) is 29.8. The Morgan fingerprint density at radius 3 is 2.60 bits per heavy atom. The van der Waals surface area contributed by atoms with E-state index in [0.29, 0.717) is 12.0 Å². The predicted octanol–water partition coefficient (Wildman–Crippen LogP) is 2.37. The second kappa shape index (κ2) is 7.58. The fourth-order valence-corrected chi connectivity index (χ4v) is 3.86. The van der Waals surface area contributed by atoms with Gasteiger partial charge in [0.05, 0.1) is 6.61 Å². The number of hydrogen-bond acceptors (Lipinski definition) is 3. The van der Waals surface area contributed by atoms with Crippen molar-refractivity contribution in [2.75, 3.05) is 39.8 Å². The zero-order valence-electron chi connectivity index (χ0n) is 13.5. The van der Waals surface area contributed by atoms with Gasteiger partial charge in [-0.05, 0) is 64.6 Å². The van der Waals surface area contributed by atoms with Gasteiger partial charge < -0.3 is 10.0 Å². The standard InChI is InChI=1S/C17H32N2O/c1-14-5-4-6-15(2)17(14)13-19(11-12-20)16-7-9-18(3)10-8-16/h5,15-17,20H,4,6-13H2,1-3H3/t15-,17-/m1/s1. The van der Waals surface area contributed by atoms with Crippen molar-refractivity contribution < 1.29 is 5.11 Å². The molecule has 0 bridgehead atoms. The molecule has 1 aliphatic heterocycles. The second-order valence-electron chi connectivity index (χ2n) is 6.86. The second-order valence-corrected chi connectivity index (χ2v) is 6.86. The Morgan fingerprint density at radius 2 is 2.00 bits per heavy atom. The van der Waals surface area contributed by atoms with Crippen molar-refractivity contribution in [2.24, 2.45) is 11.8 Å². The zero-order chi connectivity index (χ0) is 14.5. The highest BCUT2D eigenvalue weighted by atomic mass is 16.3. The van der Waals surface area contributed by atoms with Crippen LogP contribution in [0.3, 0.4) is 0 Å². The van der Waals surface area contributed by atoms with Crippen LogP contribution < -0.4 is 0 Å². The number of rotatable bonds is 5. The van der Waals surface area contributed by atoms with Gasteiger partial charge in [-0.15, -0.1) is 0 Å². The third kappa shape index (κ3) is 4.06. The summed E-state index contributed by atoms with van der Waals surface area (Å²) in [4.78, 5) is 4.98. The molecule has 2 rings (SSSR count).